The maximum Gasteiger partial charge on any atom is 0.408 e. The van der Waals surface area contributed by atoms with Crippen molar-refractivity contribution in [3.8, 4) is 0 Å². The molecular weight excluding hydrogens is 460 g/mol. The first-order chi connectivity index (χ1) is 16.8. The van der Waals surface area contributed by atoms with Crippen molar-refractivity contribution in [3.63, 3.8) is 0 Å². The average molecular weight is 503 g/mol. The molecule has 1 rings (SSSR count). The molecule has 4 N–H and O–H groups in total. The Morgan fingerprint density at radius 1 is 1.14 bits per heavy atom. The lowest BCUT2D eigenvalue weighted by Crippen LogP contribution is -2.54. The highest BCUT2D eigenvalue weighted by atomic mass is 16.6. The normalized spacial score (nSPS) is 12.9. The first-order valence-corrected chi connectivity index (χ1v) is 12.4. The van der Waals surface area contributed by atoms with Gasteiger partial charge in [0.15, 0.2) is 0 Å². The van der Waals surface area contributed by atoms with Gasteiger partial charge < -0.3 is 26.0 Å². The van der Waals surface area contributed by atoms with E-state index in [0.29, 0.717) is 12.0 Å². The Bertz CT molecular complexity index is 923. The van der Waals surface area contributed by atoms with Crippen molar-refractivity contribution in [2.24, 2.45) is 5.73 Å². The van der Waals surface area contributed by atoms with Gasteiger partial charge in [0.2, 0.25) is 17.7 Å². The van der Waals surface area contributed by atoms with Crippen LogP contribution in [-0.4, -0.2) is 52.9 Å². The van der Waals surface area contributed by atoms with E-state index in [4.69, 9.17) is 10.5 Å². The molecule has 0 saturated heterocycles. The summed E-state index contributed by atoms with van der Waals surface area (Å²) in [5.41, 5.74) is 5.98. The minimum Gasteiger partial charge on any atom is -0.444 e. The van der Waals surface area contributed by atoms with Crippen molar-refractivity contribution >= 4 is 29.9 Å². The summed E-state index contributed by atoms with van der Waals surface area (Å²) in [5.74, 6) is -1.73. The van der Waals surface area contributed by atoms with Crippen LogP contribution in [0.4, 0.5) is 4.79 Å². The molecule has 0 radical (unpaired) electrons. The Morgan fingerprint density at radius 2 is 1.81 bits per heavy atom. The molecule has 0 aromatic heterocycles. The van der Waals surface area contributed by atoms with E-state index in [1.807, 2.05) is 26.8 Å². The van der Waals surface area contributed by atoms with Gasteiger partial charge in [-0.2, -0.15) is 0 Å². The van der Waals surface area contributed by atoms with E-state index in [0.717, 1.165) is 18.4 Å². The van der Waals surface area contributed by atoms with E-state index in [9.17, 15) is 19.2 Å². The monoisotopic (exact) mass is 502 g/mol. The number of benzene rings is 1. The molecule has 4 amide bonds. The predicted molar refractivity (Wildman–Crippen MR) is 141 cm³/mol. The van der Waals surface area contributed by atoms with Crippen LogP contribution >= 0.6 is 0 Å². The molecular formula is C27H42N4O5. The largest absolute Gasteiger partial charge is 0.444 e. The van der Waals surface area contributed by atoms with E-state index in [-0.39, 0.29) is 18.5 Å². The Labute approximate surface area is 214 Å². The van der Waals surface area contributed by atoms with E-state index < -0.39 is 42.0 Å². The molecule has 0 saturated carbocycles. The number of unbranched alkanes of at least 4 members (excludes halogenated alkanes) is 2. The van der Waals surface area contributed by atoms with Crippen LogP contribution in [0.1, 0.15) is 84.4 Å². The molecule has 0 aliphatic rings. The second-order valence-corrected chi connectivity index (χ2v) is 10.0. The zero-order chi connectivity index (χ0) is 27.5. The predicted octanol–water partition coefficient (Wildman–Crippen LogP) is 3.68. The molecule has 0 aliphatic carbocycles. The number of rotatable bonds is 13. The number of primary amides is 1. The van der Waals surface area contributed by atoms with Crippen molar-refractivity contribution in [2.45, 2.75) is 91.0 Å². The van der Waals surface area contributed by atoms with Crippen molar-refractivity contribution in [2.75, 3.05) is 6.54 Å². The molecule has 0 heterocycles. The maximum absolute atomic E-state index is 13.9. The third kappa shape index (κ3) is 10.5. The van der Waals surface area contributed by atoms with E-state index >= 15 is 0 Å². The summed E-state index contributed by atoms with van der Waals surface area (Å²) in [4.78, 5) is 53.1. The van der Waals surface area contributed by atoms with Gasteiger partial charge in [-0.15, -0.1) is 0 Å². The summed E-state index contributed by atoms with van der Waals surface area (Å²) in [7, 11) is 0. The van der Waals surface area contributed by atoms with Crippen molar-refractivity contribution in [1.82, 2.24) is 15.5 Å². The number of nitrogens with one attached hydrogen (secondary N) is 2. The summed E-state index contributed by atoms with van der Waals surface area (Å²) < 4.78 is 5.29. The number of carbonyl (C=O) groups excluding carboxylic acids is 4. The van der Waals surface area contributed by atoms with Crippen LogP contribution in [0.3, 0.4) is 0 Å². The summed E-state index contributed by atoms with van der Waals surface area (Å²) in [5, 5.41) is 5.38. The number of nitrogens with zero attached hydrogens (tertiary/aromatic N) is 1. The molecule has 1 aromatic carbocycles. The van der Waals surface area contributed by atoms with Gasteiger partial charge >= 0.3 is 6.09 Å². The summed E-state index contributed by atoms with van der Waals surface area (Å²) in [6, 6.07) is 4.73. The number of nitrogens with two attached hydrogens (primary N) is 1. The fourth-order valence-corrected chi connectivity index (χ4v) is 3.64. The van der Waals surface area contributed by atoms with Crippen LogP contribution in [0.15, 0.2) is 30.8 Å². The molecule has 0 spiro atoms. The van der Waals surface area contributed by atoms with E-state index in [2.05, 4.69) is 17.2 Å². The highest BCUT2D eigenvalue weighted by molar-refractivity contribution is 5.94. The zero-order valence-electron chi connectivity index (χ0n) is 22.4. The van der Waals surface area contributed by atoms with Crippen molar-refractivity contribution in [3.05, 3.63) is 42.0 Å². The summed E-state index contributed by atoms with van der Waals surface area (Å²) in [6.45, 7) is 14.8. The van der Waals surface area contributed by atoms with Crippen LogP contribution in [0.25, 0.3) is 6.08 Å². The highest BCUT2D eigenvalue weighted by Crippen LogP contribution is 2.25. The minimum atomic E-state index is -1.30. The Hall–Kier alpha value is -3.36. The lowest BCUT2D eigenvalue weighted by molar-refractivity contribution is -0.143. The fraction of sp³-hybridized carbons (Fsp3) is 0.556. The van der Waals surface area contributed by atoms with Crippen molar-refractivity contribution in [1.29, 1.82) is 0 Å². The molecule has 200 valence electrons. The van der Waals surface area contributed by atoms with Gasteiger partial charge in [-0.1, -0.05) is 50.6 Å². The van der Waals surface area contributed by atoms with Crippen molar-refractivity contribution < 1.29 is 23.9 Å². The summed E-state index contributed by atoms with van der Waals surface area (Å²) in [6.07, 6.45) is 2.72. The smallest absolute Gasteiger partial charge is 0.408 e. The first-order valence-electron chi connectivity index (χ1n) is 12.4. The quantitative estimate of drug-likeness (QED) is 0.354. The molecule has 9 nitrogen and oxygen atoms in total. The number of hydrogen-bond acceptors (Lipinski definition) is 5. The minimum absolute atomic E-state index is 0.170. The van der Waals surface area contributed by atoms with Crippen LogP contribution in [0, 0.1) is 0 Å². The van der Waals surface area contributed by atoms with Crippen LogP contribution in [-0.2, 0) is 19.1 Å². The highest BCUT2D eigenvalue weighted by Gasteiger charge is 2.37. The van der Waals surface area contributed by atoms with Gasteiger partial charge in [-0.3, -0.25) is 14.4 Å². The lowest BCUT2D eigenvalue weighted by Gasteiger charge is -2.35. The molecule has 0 fully saturated rings. The van der Waals surface area contributed by atoms with Gasteiger partial charge in [0.05, 0.1) is 6.42 Å². The van der Waals surface area contributed by atoms with Gasteiger partial charge in [0, 0.05) is 12.6 Å². The third-order valence-corrected chi connectivity index (χ3v) is 5.13. The number of amides is 4. The Kier molecular flexibility index (Phi) is 12.1. The summed E-state index contributed by atoms with van der Waals surface area (Å²) >= 11 is 0. The second-order valence-electron chi connectivity index (χ2n) is 10.0. The van der Waals surface area contributed by atoms with Crippen LogP contribution in [0.5, 0.6) is 0 Å². The average Bonchev–Trinajstić information content (AvgIpc) is 2.75. The SMILES string of the molecule is C=Cc1cccc(C(C(=O)NC(C)C)N(CCCCC)C(=O)C(CC(N)=O)NC(=O)OC(C)(C)C)c1. The number of hydrogen-bond donors (Lipinski definition) is 3. The molecule has 2 atom stereocenters. The first kappa shape index (κ1) is 30.7. The lowest BCUT2D eigenvalue weighted by atomic mass is 9.99. The third-order valence-electron chi connectivity index (χ3n) is 5.13. The molecule has 0 bridgehead atoms. The maximum atomic E-state index is 13.9. The molecule has 0 aliphatic heterocycles. The molecule has 2 unspecified atom stereocenters. The molecule has 9 heteroatoms. The number of ether oxygens (including phenoxy) is 1. The fourth-order valence-electron chi connectivity index (χ4n) is 3.64. The number of carbonyl (C=O) groups is 4. The van der Waals surface area contributed by atoms with Gasteiger partial charge in [-0.05, 0) is 58.2 Å². The Balaban J connectivity index is 3.53. The molecule has 36 heavy (non-hydrogen) atoms. The van der Waals surface area contributed by atoms with Gasteiger partial charge in [0.1, 0.15) is 17.7 Å². The standard InChI is InChI=1S/C27H42N4O5/c1-8-10-11-15-31(25(34)21(17-22(28)32)30-26(35)36-27(5,6)7)23(24(33)29-18(3)4)20-14-12-13-19(9-2)16-20/h9,12-14,16,18,21,23H,2,8,10-11,15,17H2,1,3-7H3,(H2,28,32)(H,29,33)(H,30,35). The molecule has 1 aromatic rings. The van der Waals surface area contributed by atoms with Crippen LogP contribution in [0.2, 0.25) is 0 Å². The topological polar surface area (TPSA) is 131 Å². The second kappa shape index (κ2) is 14.3. The van der Waals surface area contributed by atoms with Gasteiger partial charge in [0.25, 0.3) is 0 Å². The Morgan fingerprint density at radius 3 is 2.33 bits per heavy atom. The van der Waals surface area contributed by atoms with Crippen LogP contribution < -0.4 is 16.4 Å². The number of alkyl carbamates (subject to hydrolysis) is 1. The van der Waals surface area contributed by atoms with Gasteiger partial charge in [-0.25, -0.2) is 4.79 Å². The zero-order valence-corrected chi connectivity index (χ0v) is 22.4. The van der Waals surface area contributed by atoms with E-state index in [1.54, 1.807) is 45.0 Å². The van der Waals surface area contributed by atoms with E-state index in [1.165, 1.54) is 4.90 Å².